The van der Waals surface area contributed by atoms with Gasteiger partial charge in [0.15, 0.2) is 0 Å². The van der Waals surface area contributed by atoms with E-state index in [9.17, 15) is 24.3 Å². The number of aromatic hydroxyl groups is 1. The van der Waals surface area contributed by atoms with E-state index in [2.05, 4.69) is 5.32 Å². The fourth-order valence-corrected chi connectivity index (χ4v) is 2.90. The van der Waals surface area contributed by atoms with Crippen LogP contribution in [-0.4, -0.2) is 41.1 Å². The van der Waals surface area contributed by atoms with Gasteiger partial charge < -0.3 is 15.2 Å². The Bertz CT molecular complexity index is 826. The highest BCUT2D eigenvalue weighted by atomic mass is 16.5. The SMILES string of the molecule is CCNc1cc(O)c2c(c1)C=CCC(=O)C(=O)C(=O)CC[C@@H](C)[C@H](C)OC2=O. The van der Waals surface area contributed by atoms with Crippen LogP contribution in [0.25, 0.3) is 6.08 Å². The van der Waals surface area contributed by atoms with Gasteiger partial charge in [0.1, 0.15) is 17.4 Å². The summed E-state index contributed by atoms with van der Waals surface area (Å²) in [5.41, 5.74) is 0.935. The maximum atomic E-state index is 12.7. The Morgan fingerprint density at radius 1 is 1.14 bits per heavy atom. The van der Waals surface area contributed by atoms with E-state index < -0.39 is 29.4 Å². The Morgan fingerprint density at radius 3 is 2.54 bits per heavy atom. The van der Waals surface area contributed by atoms with E-state index >= 15 is 0 Å². The number of phenolic OH excluding ortho intramolecular Hbond substituents is 1. The third-order valence-corrected chi connectivity index (χ3v) is 4.76. The van der Waals surface area contributed by atoms with Crippen LogP contribution in [0.1, 0.15) is 56.0 Å². The molecule has 28 heavy (non-hydrogen) atoms. The number of rotatable bonds is 2. The summed E-state index contributed by atoms with van der Waals surface area (Å²) in [5, 5.41) is 13.4. The molecular weight excluding hydrogens is 362 g/mol. The van der Waals surface area contributed by atoms with E-state index in [1.807, 2.05) is 6.92 Å². The number of cyclic esters (lactones) is 1. The minimum atomic E-state index is -1.01. The third kappa shape index (κ3) is 5.06. The highest BCUT2D eigenvalue weighted by molar-refractivity contribution is 6.64. The smallest absolute Gasteiger partial charge is 0.342 e. The first-order chi connectivity index (χ1) is 13.2. The minimum absolute atomic E-state index is 0.0103. The van der Waals surface area contributed by atoms with E-state index in [1.165, 1.54) is 18.2 Å². The number of benzene rings is 1. The number of Topliss-reactive ketones (excluding diaryl/α,β-unsaturated/α-hetero) is 3. The number of hydrogen-bond acceptors (Lipinski definition) is 7. The molecule has 1 aliphatic heterocycles. The average Bonchev–Trinajstić information content (AvgIpc) is 2.64. The molecule has 2 atom stereocenters. The van der Waals surface area contributed by atoms with E-state index in [1.54, 1.807) is 19.9 Å². The maximum absolute atomic E-state index is 12.7. The van der Waals surface area contributed by atoms with E-state index in [0.29, 0.717) is 24.2 Å². The number of hydrogen-bond donors (Lipinski definition) is 2. The van der Waals surface area contributed by atoms with Crippen molar-refractivity contribution >= 4 is 35.1 Å². The van der Waals surface area contributed by atoms with Gasteiger partial charge >= 0.3 is 5.97 Å². The molecule has 0 spiro atoms. The summed E-state index contributed by atoms with van der Waals surface area (Å²) < 4.78 is 5.48. The van der Waals surface area contributed by atoms with Crippen molar-refractivity contribution < 1.29 is 29.0 Å². The second kappa shape index (κ2) is 9.30. The van der Waals surface area contributed by atoms with Crippen LogP contribution >= 0.6 is 0 Å². The molecule has 2 rings (SSSR count). The van der Waals surface area contributed by atoms with Crippen LogP contribution in [-0.2, 0) is 19.1 Å². The van der Waals surface area contributed by atoms with Gasteiger partial charge in [0, 0.05) is 31.1 Å². The maximum Gasteiger partial charge on any atom is 0.342 e. The number of ether oxygens (including phenoxy) is 1. The van der Waals surface area contributed by atoms with Crippen molar-refractivity contribution in [1.29, 1.82) is 0 Å². The molecule has 0 fully saturated rings. The molecule has 1 aromatic rings. The highest BCUT2D eigenvalue weighted by Gasteiger charge is 2.26. The van der Waals surface area contributed by atoms with Gasteiger partial charge in [-0.3, -0.25) is 14.4 Å². The summed E-state index contributed by atoms with van der Waals surface area (Å²) in [6.07, 6.45) is 2.28. The molecule has 1 aliphatic rings. The first-order valence-electron chi connectivity index (χ1n) is 9.33. The summed E-state index contributed by atoms with van der Waals surface area (Å²) in [5.74, 6) is -3.68. The van der Waals surface area contributed by atoms with Crippen LogP contribution < -0.4 is 5.32 Å². The molecule has 0 aromatic heterocycles. The molecule has 0 unspecified atom stereocenters. The summed E-state index contributed by atoms with van der Waals surface area (Å²) in [6.45, 7) is 5.97. The van der Waals surface area contributed by atoms with Gasteiger partial charge in [0.2, 0.25) is 11.6 Å². The lowest BCUT2D eigenvalue weighted by molar-refractivity contribution is -0.143. The van der Waals surface area contributed by atoms with Gasteiger partial charge in [-0.15, -0.1) is 0 Å². The number of anilines is 1. The van der Waals surface area contributed by atoms with Crippen molar-refractivity contribution in [3.63, 3.8) is 0 Å². The van der Waals surface area contributed by atoms with Gasteiger partial charge in [-0.1, -0.05) is 19.1 Å². The fraction of sp³-hybridized carbons (Fsp3) is 0.429. The number of esters is 1. The molecule has 0 amide bonds. The average molecular weight is 387 g/mol. The van der Waals surface area contributed by atoms with Crippen molar-refractivity contribution in [2.24, 2.45) is 5.92 Å². The number of carbonyl (C=O) groups is 4. The molecule has 0 saturated carbocycles. The Hall–Kier alpha value is -2.96. The summed E-state index contributed by atoms with van der Waals surface area (Å²) in [6, 6.07) is 3.08. The molecule has 1 aromatic carbocycles. The molecule has 150 valence electrons. The topological polar surface area (TPSA) is 110 Å². The molecule has 0 radical (unpaired) electrons. The highest BCUT2D eigenvalue weighted by Crippen LogP contribution is 2.30. The summed E-state index contributed by atoms with van der Waals surface area (Å²) in [7, 11) is 0. The first kappa shape index (κ1) is 21.3. The number of ketones is 3. The Balaban J connectivity index is 2.48. The number of fused-ring (bicyclic) bond motifs is 1. The lowest BCUT2D eigenvalue weighted by Gasteiger charge is -2.21. The third-order valence-electron chi connectivity index (χ3n) is 4.76. The standard InChI is InChI=1S/C21H25NO6/c1-4-22-15-10-14-6-5-7-16(23)20(26)17(24)9-8-12(2)13(3)28-21(27)19(14)18(25)11-15/h5-6,10-13,22,25H,4,7-9H2,1-3H3/t12-,13+/m1/s1. The molecular formula is C21H25NO6. The second-order valence-corrected chi connectivity index (χ2v) is 6.90. The van der Waals surface area contributed by atoms with E-state index in [0.717, 1.165) is 0 Å². The minimum Gasteiger partial charge on any atom is -0.507 e. The zero-order valence-corrected chi connectivity index (χ0v) is 16.3. The van der Waals surface area contributed by atoms with Gasteiger partial charge in [-0.05, 0) is 37.8 Å². The van der Waals surface area contributed by atoms with Gasteiger partial charge in [-0.2, -0.15) is 0 Å². The van der Waals surface area contributed by atoms with Crippen LogP contribution in [0.3, 0.4) is 0 Å². The number of carbonyl (C=O) groups excluding carboxylic acids is 4. The van der Waals surface area contributed by atoms with Crippen molar-refractivity contribution in [2.75, 3.05) is 11.9 Å². The lowest BCUT2D eigenvalue weighted by atomic mass is 9.95. The molecule has 7 heteroatoms. The van der Waals surface area contributed by atoms with Crippen LogP contribution in [0.15, 0.2) is 18.2 Å². The molecule has 0 bridgehead atoms. The molecule has 0 aliphatic carbocycles. The Morgan fingerprint density at radius 2 is 1.86 bits per heavy atom. The number of phenols is 1. The predicted octanol–water partition coefficient (Wildman–Crippen LogP) is 2.91. The Labute approximate surface area is 163 Å². The summed E-state index contributed by atoms with van der Waals surface area (Å²) in [4.78, 5) is 48.5. The Kier molecular flexibility index (Phi) is 7.09. The van der Waals surface area contributed by atoms with Crippen LogP contribution in [0.2, 0.25) is 0 Å². The van der Waals surface area contributed by atoms with Crippen molar-refractivity contribution in [3.8, 4) is 5.75 Å². The lowest BCUT2D eigenvalue weighted by Crippen LogP contribution is -2.27. The monoisotopic (exact) mass is 387 g/mol. The second-order valence-electron chi connectivity index (χ2n) is 6.90. The van der Waals surface area contributed by atoms with Crippen LogP contribution in [0.4, 0.5) is 5.69 Å². The van der Waals surface area contributed by atoms with Gasteiger partial charge in [0.05, 0.1) is 0 Å². The normalized spacial score (nSPS) is 21.7. The zero-order chi connectivity index (χ0) is 20.8. The zero-order valence-electron chi connectivity index (χ0n) is 16.3. The molecule has 7 nitrogen and oxygen atoms in total. The van der Waals surface area contributed by atoms with Gasteiger partial charge in [0.25, 0.3) is 5.78 Å². The molecule has 1 heterocycles. The van der Waals surface area contributed by atoms with E-state index in [4.69, 9.17) is 4.74 Å². The van der Waals surface area contributed by atoms with Gasteiger partial charge in [-0.25, -0.2) is 4.79 Å². The van der Waals surface area contributed by atoms with Crippen molar-refractivity contribution in [1.82, 2.24) is 0 Å². The van der Waals surface area contributed by atoms with Crippen LogP contribution in [0, 0.1) is 5.92 Å². The molecule has 2 N–H and O–H groups in total. The number of allylic oxidation sites excluding steroid dienone is 1. The largest absolute Gasteiger partial charge is 0.507 e. The van der Waals surface area contributed by atoms with Crippen molar-refractivity contribution in [3.05, 3.63) is 29.3 Å². The van der Waals surface area contributed by atoms with E-state index in [-0.39, 0.29) is 30.1 Å². The number of nitrogens with one attached hydrogen (secondary N) is 1. The first-order valence-corrected chi connectivity index (χ1v) is 9.33. The van der Waals surface area contributed by atoms with Crippen molar-refractivity contribution in [2.45, 2.75) is 46.1 Å². The van der Waals surface area contributed by atoms with Crippen LogP contribution in [0.5, 0.6) is 5.75 Å². The molecule has 0 saturated heterocycles. The fourth-order valence-electron chi connectivity index (χ4n) is 2.90. The quantitative estimate of drug-likeness (QED) is 0.593. The predicted molar refractivity (Wildman–Crippen MR) is 104 cm³/mol. The summed E-state index contributed by atoms with van der Waals surface area (Å²) >= 11 is 0.